The van der Waals surface area contributed by atoms with Gasteiger partial charge in [-0.2, -0.15) is 0 Å². The summed E-state index contributed by atoms with van der Waals surface area (Å²) < 4.78 is 0. The Balaban J connectivity index is 1.53. The van der Waals surface area contributed by atoms with Gasteiger partial charge in [-0.25, -0.2) is 9.79 Å². The fourth-order valence-corrected chi connectivity index (χ4v) is 4.17. The second kappa shape index (κ2) is 10.4. The van der Waals surface area contributed by atoms with Gasteiger partial charge < -0.3 is 20.2 Å². The van der Waals surface area contributed by atoms with Gasteiger partial charge in [-0.15, -0.1) is 0 Å². The molecule has 0 aliphatic carbocycles. The number of aliphatic imine (C=N–C) groups is 1. The molecule has 0 radical (unpaired) electrons. The maximum Gasteiger partial charge on any atom is 0.335 e. The van der Waals surface area contributed by atoms with Gasteiger partial charge in [0.2, 0.25) is 0 Å². The molecule has 0 amide bonds. The molecular weight excluding hydrogens is 424 g/mol. The van der Waals surface area contributed by atoms with Gasteiger partial charge in [0.1, 0.15) is 0 Å². The summed E-state index contributed by atoms with van der Waals surface area (Å²) in [6.07, 6.45) is 0. The van der Waals surface area contributed by atoms with Crippen LogP contribution in [0.1, 0.15) is 32.6 Å². The number of carboxylic acid groups (broad SMARTS) is 1. The van der Waals surface area contributed by atoms with Crippen molar-refractivity contribution in [1.29, 1.82) is 0 Å². The third-order valence-corrected chi connectivity index (χ3v) is 6.39. The zero-order chi connectivity index (χ0) is 24.1. The molecule has 0 unspecified atom stereocenters. The van der Waals surface area contributed by atoms with Crippen molar-refractivity contribution in [3.63, 3.8) is 0 Å². The first-order valence-corrected chi connectivity index (χ1v) is 11.7. The summed E-state index contributed by atoms with van der Waals surface area (Å²) in [6.45, 7) is 10.4. The van der Waals surface area contributed by atoms with Gasteiger partial charge in [-0.05, 0) is 61.7 Å². The fraction of sp³-hybridized carbons (Fsp3) is 0.286. The number of benzene rings is 3. The highest BCUT2D eigenvalue weighted by atomic mass is 16.4. The highest BCUT2D eigenvalue weighted by Crippen LogP contribution is 2.24. The second-order valence-electron chi connectivity index (χ2n) is 8.83. The normalized spacial score (nSPS) is 14.3. The van der Waals surface area contributed by atoms with Gasteiger partial charge in [0, 0.05) is 37.6 Å². The topological polar surface area (TPSA) is 68.2 Å². The van der Waals surface area contributed by atoms with E-state index in [1.54, 1.807) is 18.2 Å². The predicted molar refractivity (Wildman–Crippen MR) is 139 cm³/mol. The van der Waals surface area contributed by atoms with Crippen LogP contribution >= 0.6 is 0 Å². The quantitative estimate of drug-likeness (QED) is 0.413. The molecule has 34 heavy (non-hydrogen) atoms. The van der Waals surface area contributed by atoms with Crippen LogP contribution in [0.3, 0.4) is 0 Å². The smallest absolute Gasteiger partial charge is 0.335 e. The molecule has 4 rings (SSSR count). The minimum atomic E-state index is -0.941. The molecule has 0 bridgehead atoms. The van der Waals surface area contributed by atoms with Gasteiger partial charge in [-0.3, -0.25) is 0 Å². The molecular formula is C28H32N4O2. The highest BCUT2D eigenvalue weighted by Gasteiger charge is 2.22. The third-order valence-electron chi connectivity index (χ3n) is 6.39. The number of piperazine rings is 1. The van der Waals surface area contributed by atoms with E-state index in [-0.39, 0.29) is 5.56 Å². The number of nitrogens with zero attached hydrogens (tertiary/aromatic N) is 3. The van der Waals surface area contributed by atoms with Crippen LogP contribution in [0.15, 0.2) is 71.7 Å². The summed E-state index contributed by atoms with van der Waals surface area (Å²) in [4.78, 5) is 21.0. The molecule has 0 spiro atoms. The number of carbonyl (C=O) groups is 1. The monoisotopic (exact) mass is 456 g/mol. The van der Waals surface area contributed by atoms with Crippen LogP contribution < -0.4 is 10.2 Å². The Labute approximate surface area is 201 Å². The molecule has 1 saturated heterocycles. The molecule has 0 aromatic heterocycles. The van der Waals surface area contributed by atoms with E-state index in [1.165, 1.54) is 22.4 Å². The van der Waals surface area contributed by atoms with Gasteiger partial charge in [-0.1, -0.05) is 48.0 Å². The van der Waals surface area contributed by atoms with Crippen molar-refractivity contribution < 1.29 is 9.90 Å². The number of hydrogen-bond donors (Lipinski definition) is 2. The summed E-state index contributed by atoms with van der Waals surface area (Å²) in [5.74, 6) is -0.173. The summed E-state index contributed by atoms with van der Waals surface area (Å²) >= 11 is 0. The zero-order valence-corrected chi connectivity index (χ0v) is 20.1. The van der Waals surface area contributed by atoms with Gasteiger partial charge in [0.25, 0.3) is 0 Å². The van der Waals surface area contributed by atoms with Crippen molar-refractivity contribution in [1.82, 2.24) is 4.90 Å². The number of nitrogens with one attached hydrogen (secondary N) is 1. The minimum absolute atomic E-state index is 0.252. The Hall–Kier alpha value is -3.80. The van der Waals surface area contributed by atoms with Crippen LogP contribution in [-0.2, 0) is 6.54 Å². The molecule has 1 heterocycles. The molecule has 3 aromatic rings. The molecule has 176 valence electrons. The molecule has 6 nitrogen and oxygen atoms in total. The molecule has 2 N–H and O–H groups in total. The lowest BCUT2D eigenvalue weighted by Crippen LogP contribution is -2.51. The fourth-order valence-electron chi connectivity index (χ4n) is 4.17. The Morgan fingerprint density at radius 1 is 0.941 bits per heavy atom. The van der Waals surface area contributed by atoms with Gasteiger partial charge in [0.15, 0.2) is 5.96 Å². The van der Waals surface area contributed by atoms with Crippen LogP contribution in [0, 0.1) is 20.8 Å². The predicted octanol–water partition coefficient (Wildman–Crippen LogP) is 5.10. The number of carboxylic acids is 1. The average molecular weight is 457 g/mol. The highest BCUT2D eigenvalue weighted by molar-refractivity contribution is 5.96. The summed E-state index contributed by atoms with van der Waals surface area (Å²) in [5.41, 5.74) is 7.26. The van der Waals surface area contributed by atoms with Crippen molar-refractivity contribution in [2.75, 3.05) is 36.4 Å². The summed E-state index contributed by atoms with van der Waals surface area (Å²) in [7, 11) is 0. The van der Waals surface area contributed by atoms with E-state index < -0.39 is 5.97 Å². The maximum absolute atomic E-state index is 11.4. The van der Waals surface area contributed by atoms with Crippen molar-refractivity contribution in [3.8, 4) is 0 Å². The molecule has 0 saturated carbocycles. The van der Waals surface area contributed by atoms with Crippen molar-refractivity contribution in [3.05, 3.63) is 94.5 Å². The van der Waals surface area contributed by atoms with E-state index in [1.807, 2.05) is 6.07 Å². The number of aryl methyl sites for hydroxylation is 2. The zero-order valence-electron chi connectivity index (χ0n) is 20.1. The molecule has 1 aliphatic rings. The molecule has 3 aromatic carbocycles. The standard InChI is InChI=1S/C28H32N4O2/c1-20-10-12-23(13-11-20)19-29-28(30-25-8-5-7-24(18-25)27(33)34)32-16-14-31(15-17-32)26-9-4-6-21(2)22(26)3/h4-13,18H,14-17,19H2,1-3H3,(H,29,30)(H,33,34). The molecule has 6 heteroatoms. The molecule has 0 atom stereocenters. The van der Waals surface area contributed by atoms with E-state index in [0.717, 1.165) is 43.4 Å². The Bertz CT molecular complexity index is 1180. The Morgan fingerprint density at radius 2 is 1.65 bits per heavy atom. The maximum atomic E-state index is 11.4. The lowest BCUT2D eigenvalue weighted by Gasteiger charge is -2.38. The van der Waals surface area contributed by atoms with Crippen LogP contribution in [0.5, 0.6) is 0 Å². The number of rotatable bonds is 5. The number of anilines is 2. The van der Waals surface area contributed by atoms with Crippen LogP contribution in [0.2, 0.25) is 0 Å². The first-order chi connectivity index (χ1) is 16.4. The lowest BCUT2D eigenvalue weighted by molar-refractivity contribution is 0.0697. The second-order valence-corrected chi connectivity index (χ2v) is 8.83. The van der Waals surface area contributed by atoms with Gasteiger partial charge >= 0.3 is 5.97 Å². The third kappa shape index (κ3) is 5.57. The summed E-state index contributed by atoms with van der Waals surface area (Å²) in [5, 5.41) is 12.8. The number of hydrogen-bond acceptors (Lipinski definition) is 3. The van der Waals surface area contributed by atoms with E-state index in [0.29, 0.717) is 6.54 Å². The number of guanidine groups is 1. The van der Waals surface area contributed by atoms with Crippen molar-refractivity contribution in [2.45, 2.75) is 27.3 Å². The van der Waals surface area contributed by atoms with Crippen molar-refractivity contribution >= 4 is 23.3 Å². The lowest BCUT2D eigenvalue weighted by atomic mass is 10.1. The minimum Gasteiger partial charge on any atom is -0.478 e. The first kappa shape index (κ1) is 23.4. The van der Waals surface area contributed by atoms with Crippen LogP contribution in [0.25, 0.3) is 0 Å². The van der Waals surface area contributed by atoms with E-state index in [4.69, 9.17) is 4.99 Å². The largest absolute Gasteiger partial charge is 0.478 e. The Kier molecular flexibility index (Phi) is 7.16. The van der Waals surface area contributed by atoms with Crippen LogP contribution in [0.4, 0.5) is 11.4 Å². The van der Waals surface area contributed by atoms with Crippen LogP contribution in [-0.4, -0.2) is 48.1 Å². The average Bonchev–Trinajstić information content (AvgIpc) is 2.85. The van der Waals surface area contributed by atoms with E-state index in [2.05, 4.69) is 78.4 Å². The molecule has 1 aliphatic heterocycles. The first-order valence-electron chi connectivity index (χ1n) is 11.7. The van der Waals surface area contributed by atoms with E-state index in [9.17, 15) is 9.90 Å². The number of aromatic carboxylic acids is 1. The SMILES string of the molecule is Cc1ccc(CN=C(Nc2cccc(C(=O)O)c2)N2CCN(c3cccc(C)c3C)CC2)cc1. The van der Waals surface area contributed by atoms with E-state index >= 15 is 0 Å². The van der Waals surface area contributed by atoms with Crippen molar-refractivity contribution in [2.24, 2.45) is 4.99 Å². The molecule has 1 fully saturated rings. The summed E-state index contributed by atoms with van der Waals surface area (Å²) in [6, 6.07) is 21.7. The van der Waals surface area contributed by atoms with Gasteiger partial charge in [0.05, 0.1) is 12.1 Å². The Morgan fingerprint density at radius 3 is 2.35 bits per heavy atom.